The molecule has 234 valence electrons. The monoisotopic (exact) mass is 602 g/mol. The summed E-state index contributed by atoms with van der Waals surface area (Å²) in [4.78, 5) is 0. The number of hydrogen-bond acceptors (Lipinski definition) is 8. The van der Waals surface area contributed by atoms with Crippen LogP contribution >= 0.6 is 0 Å². The minimum absolute atomic E-state index is 0.422. The van der Waals surface area contributed by atoms with Crippen molar-refractivity contribution >= 4 is 5.57 Å². The molecule has 0 atom stereocenters. The summed E-state index contributed by atoms with van der Waals surface area (Å²) in [5.74, 6) is 3.31. The third-order valence-electron chi connectivity index (χ3n) is 7.07. The van der Waals surface area contributed by atoms with Gasteiger partial charge >= 0.3 is 0 Å². The van der Waals surface area contributed by atoms with Gasteiger partial charge in [-0.05, 0) is 24.6 Å². The molecule has 0 saturated carbocycles. The van der Waals surface area contributed by atoms with Crippen LogP contribution in [0.1, 0.15) is 18.4 Å². The second kappa shape index (κ2) is 18.1. The maximum absolute atomic E-state index is 6.18. The van der Waals surface area contributed by atoms with E-state index in [0.717, 1.165) is 58.1 Å². The van der Waals surface area contributed by atoms with Gasteiger partial charge < -0.3 is 37.9 Å². The fourth-order valence-electron chi connectivity index (χ4n) is 4.98. The smallest absolute Gasteiger partial charge is 0.127 e. The maximum Gasteiger partial charge on any atom is 0.127 e. The molecule has 0 saturated heterocycles. The number of allylic oxidation sites excluding steroid dienone is 4. The molecule has 2 aliphatic rings. The van der Waals surface area contributed by atoms with Gasteiger partial charge in [0.25, 0.3) is 0 Å². The number of para-hydroxylation sites is 3. The molecular formula is C36H42O8. The Balaban J connectivity index is 1.19. The highest BCUT2D eigenvalue weighted by atomic mass is 16.6. The maximum atomic E-state index is 6.18. The van der Waals surface area contributed by atoms with Gasteiger partial charge in [-0.2, -0.15) is 0 Å². The lowest BCUT2D eigenvalue weighted by Crippen LogP contribution is -2.14. The first kappa shape index (κ1) is 31.6. The minimum atomic E-state index is 0.422. The molecule has 3 aromatic carbocycles. The van der Waals surface area contributed by atoms with Gasteiger partial charge in [0.15, 0.2) is 0 Å². The van der Waals surface area contributed by atoms with E-state index in [9.17, 15) is 0 Å². The molecule has 1 aliphatic carbocycles. The highest BCUT2D eigenvalue weighted by Crippen LogP contribution is 2.36. The van der Waals surface area contributed by atoms with Gasteiger partial charge in [0, 0.05) is 28.7 Å². The highest BCUT2D eigenvalue weighted by Gasteiger charge is 2.16. The summed E-state index contributed by atoms with van der Waals surface area (Å²) in [6.45, 7) is 5.52. The van der Waals surface area contributed by atoms with Crippen LogP contribution in [-0.4, -0.2) is 79.3 Å². The number of rotatable bonds is 0. The topological polar surface area (TPSA) is 73.8 Å². The first-order valence-electron chi connectivity index (χ1n) is 15.4. The summed E-state index contributed by atoms with van der Waals surface area (Å²) >= 11 is 0. The molecule has 1 heterocycles. The largest absolute Gasteiger partial charge is 0.495 e. The Morgan fingerprint density at radius 2 is 0.773 bits per heavy atom. The number of fused-ring (bicyclic) bond motifs is 5. The first-order chi connectivity index (χ1) is 21.9. The van der Waals surface area contributed by atoms with Gasteiger partial charge in [0.2, 0.25) is 0 Å². The molecule has 1 aliphatic heterocycles. The molecule has 0 N–H and O–H groups in total. The summed E-state index contributed by atoms with van der Waals surface area (Å²) in [7, 11) is 0. The number of ether oxygens (including phenoxy) is 8. The first-order valence-corrected chi connectivity index (χ1v) is 15.4. The van der Waals surface area contributed by atoms with Crippen molar-refractivity contribution in [3.63, 3.8) is 0 Å². The van der Waals surface area contributed by atoms with Crippen molar-refractivity contribution in [1.29, 1.82) is 0 Å². The molecule has 0 aromatic heterocycles. The van der Waals surface area contributed by atoms with E-state index in [1.165, 1.54) is 0 Å². The van der Waals surface area contributed by atoms with Crippen LogP contribution < -0.4 is 14.2 Å². The van der Waals surface area contributed by atoms with Crippen molar-refractivity contribution in [2.45, 2.75) is 12.8 Å². The van der Waals surface area contributed by atoms with E-state index in [4.69, 9.17) is 37.9 Å². The number of hydrogen-bond donors (Lipinski definition) is 0. The van der Waals surface area contributed by atoms with Crippen molar-refractivity contribution in [1.82, 2.24) is 0 Å². The van der Waals surface area contributed by atoms with Crippen LogP contribution in [0, 0.1) is 0 Å². The van der Waals surface area contributed by atoms with Crippen molar-refractivity contribution in [2.24, 2.45) is 0 Å². The average Bonchev–Trinajstić information content (AvgIpc) is 3.07. The normalized spacial score (nSPS) is 18.3. The van der Waals surface area contributed by atoms with E-state index in [1.807, 2.05) is 66.7 Å². The third kappa shape index (κ3) is 9.59. The highest BCUT2D eigenvalue weighted by molar-refractivity contribution is 5.80. The molecule has 0 fully saturated rings. The second-order valence-corrected chi connectivity index (χ2v) is 10.1. The molecule has 8 nitrogen and oxygen atoms in total. The van der Waals surface area contributed by atoms with E-state index in [0.29, 0.717) is 79.3 Å². The zero-order chi connectivity index (χ0) is 30.1. The van der Waals surface area contributed by atoms with E-state index < -0.39 is 0 Å². The van der Waals surface area contributed by atoms with Crippen LogP contribution in [0.25, 0.3) is 16.7 Å². The van der Waals surface area contributed by atoms with Crippen LogP contribution in [-0.2, 0) is 23.7 Å². The van der Waals surface area contributed by atoms with E-state index in [1.54, 1.807) is 0 Å². The average molecular weight is 603 g/mol. The van der Waals surface area contributed by atoms with Gasteiger partial charge in [-0.15, -0.1) is 0 Å². The molecule has 5 rings (SSSR count). The van der Waals surface area contributed by atoms with Crippen LogP contribution in [0.15, 0.2) is 90.7 Å². The zero-order valence-corrected chi connectivity index (χ0v) is 25.2. The van der Waals surface area contributed by atoms with E-state index in [2.05, 4.69) is 18.2 Å². The van der Waals surface area contributed by atoms with Gasteiger partial charge in [0.05, 0.1) is 52.9 Å². The zero-order valence-electron chi connectivity index (χ0n) is 25.2. The van der Waals surface area contributed by atoms with Crippen molar-refractivity contribution in [3.8, 4) is 28.4 Å². The summed E-state index contributed by atoms with van der Waals surface area (Å²) in [5, 5.41) is 0. The van der Waals surface area contributed by atoms with Crippen molar-refractivity contribution in [3.05, 3.63) is 96.3 Å². The van der Waals surface area contributed by atoms with Gasteiger partial charge in [-0.25, -0.2) is 0 Å². The van der Waals surface area contributed by atoms with Crippen LogP contribution in [0.3, 0.4) is 0 Å². The van der Waals surface area contributed by atoms with Crippen molar-refractivity contribution in [2.75, 3.05) is 79.3 Å². The molecular weight excluding hydrogens is 560 g/mol. The summed E-state index contributed by atoms with van der Waals surface area (Å²) in [5.41, 5.74) is 3.98. The molecule has 3 aromatic rings. The van der Waals surface area contributed by atoms with E-state index in [-0.39, 0.29) is 0 Å². The fraction of sp³-hybridized carbons (Fsp3) is 0.389. The van der Waals surface area contributed by atoms with Crippen LogP contribution in [0.4, 0.5) is 0 Å². The summed E-state index contributed by atoms with van der Waals surface area (Å²) < 4.78 is 47.5. The van der Waals surface area contributed by atoms with Gasteiger partial charge in [-0.1, -0.05) is 66.7 Å². The van der Waals surface area contributed by atoms with Gasteiger partial charge in [-0.3, -0.25) is 0 Å². The lowest BCUT2D eigenvalue weighted by Gasteiger charge is -2.20. The Kier molecular flexibility index (Phi) is 13.0. The van der Waals surface area contributed by atoms with Crippen molar-refractivity contribution < 1.29 is 37.9 Å². The minimum Gasteiger partial charge on any atom is -0.495 e. The molecule has 8 heteroatoms. The van der Waals surface area contributed by atoms with Gasteiger partial charge in [0.1, 0.15) is 49.4 Å². The Hall–Kier alpha value is -3.82. The number of benzene rings is 3. The second-order valence-electron chi connectivity index (χ2n) is 10.1. The lowest BCUT2D eigenvalue weighted by molar-refractivity contribution is 0.0193. The quantitative estimate of drug-likeness (QED) is 0.295. The predicted octanol–water partition coefficient (Wildman–Crippen LogP) is 6.35. The Morgan fingerprint density at radius 3 is 1.27 bits per heavy atom. The van der Waals surface area contributed by atoms with E-state index >= 15 is 0 Å². The Morgan fingerprint density at radius 1 is 0.386 bits per heavy atom. The standard InChI is InChI=1S/C36H42O8/c1-5-13-33-29(9-1)30-10-2-6-14-34(30)42-26-22-38-19-20-40-24-28-44-36-16-8-4-12-32(36)31-11-3-7-15-35(31)43-27-23-39-18-17-37-21-25-41-33/h1-7,9-15H,8,16-28H2. The predicted molar refractivity (Wildman–Crippen MR) is 169 cm³/mol. The molecule has 44 heavy (non-hydrogen) atoms. The molecule has 0 unspecified atom stereocenters. The third-order valence-corrected chi connectivity index (χ3v) is 7.07. The fourth-order valence-corrected chi connectivity index (χ4v) is 4.98. The molecule has 0 amide bonds. The Labute approximate surface area is 260 Å². The molecule has 0 radical (unpaired) electrons. The van der Waals surface area contributed by atoms with Crippen LogP contribution in [0.5, 0.6) is 17.2 Å². The lowest BCUT2D eigenvalue weighted by atomic mass is 9.97. The van der Waals surface area contributed by atoms with Crippen LogP contribution in [0.2, 0.25) is 0 Å². The molecule has 0 spiro atoms. The summed E-state index contributed by atoms with van der Waals surface area (Å²) in [6, 6.07) is 23.9. The summed E-state index contributed by atoms with van der Waals surface area (Å²) in [6.07, 6.45) is 6.07. The Bertz CT molecular complexity index is 1350. The molecule has 0 bridgehead atoms. The SMILES string of the molecule is C1=CC2=C(CC1)OCCOCCOCCOc1ccccc1-c1ccccc1OCCOCCOCCOc1ccccc12.